The minimum atomic E-state index is -1.57. The molecule has 0 radical (unpaired) electrons. The fraction of sp³-hybridized carbons (Fsp3) is 0.224. The van der Waals surface area contributed by atoms with E-state index < -0.39 is 58.5 Å². The SMILES string of the molecule is CN(C)c1ccc(N=Nc2ccc(N3C(=O)C4CC=C5C(CC6C(=O)N(Nc7ccc(F)cc7)C(=O)C6(c6ccc(Cl)cc6)C5C5=COc6ccc(O)cc6C5)C4C3=O)cc2)cc1. The summed E-state index contributed by atoms with van der Waals surface area (Å²) in [5, 5.41) is 20.7. The van der Waals surface area contributed by atoms with Gasteiger partial charge in [0.05, 0.1) is 52.2 Å². The molecule has 3 heterocycles. The lowest BCUT2D eigenvalue weighted by molar-refractivity contribution is -0.139. The van der Waals surface area contributed by atoms with Gasteiger partial charge in [0.25, 0.3) is 11.8 Å². The molecule has 3 fully saturated rings. The van der Waals surface area contributed by atoms with Crippen molar-refractivity contribution < 1.29 is 33.4 Å². The second kappa shape index (κ2) is 15.3. The van der Waals surface area contributed by atoms with Crippen LogP contribution in [0.3, 0.4) is 0 Å². The molecule has 5 aromatic carbocycles. The van der Waals surface area contributed by atoms with E-state index in [1.165, 1.54) is 35.2 Å². The molecule has 1 saturated carbocycles. The molecule has 5 aliphatic rings. The first kappa shape index (κ1) is 40.0. The maximum atomic E-state index is 15.5. The van der Waals surface area contributed by atoms with Crippen molar-refractivity contribution in [1.82, 2.24) is 5.01 Å². The smallest absolute Gasteiger partial charge is 0.260 e. The fourth-order valence-electron chi connectivity index (χ4n) is 10.3. The lowest BCUT2D eigenvalue weighted by atomic mass is 9.48. The molecule has 2 saturated heterocycles. The average molecular weight is 863 g/mol. The van der Waals surface area contributed by atoms with E-state index >= 15 is 9.59 Å². The van der Waals surface area contributed by atoms with Crippen LogP contribution in [-0.2, 0) is 31.0 Å². The van der Waals surface area contributed by atoms with Crippen molar-refractivity contribution in [3.63, 3.8) is 0 Å². The van der Waals surface area contributed by atoms with Crippen molar-refractivity contribution >= 4 is 63.7 Å². The maximum Gasteiger partial charge on any atom is 0.260 e. The molecule has 5 aromatic rings. The lowest BCUT2D eigenvalue weighted by Crippen LogP contribution is -2.55. The van der Waals surface area contributed by atoms with Crippen LogP contribution < -0.4 is 20.0 Å². The standard InChI is InChI=1S/C49H40ClFN6O6/c1-55(2)35-15-11-32(12-16-35)52-53-33-13-17-36(18-14-33)56-45(59)39-21-20-38-40(43(39)47(56)61)25-41-46(60)57(54-34-9-7-31(51)8-10-34)48(62)49(41,29-3-5-30(50)6-4-29)44(38)28-23-27-24-37(58)19-22-42(27)63-26-28/h3-20,22,24,26,39-41,43-44,54,58H,21,23,25H2,1-2H3. The van der Waals surface area contributed by atoms with Crippen molar-refractivity contribution in [3.05, 3.63) is 161 Å². The van der Waals surface area contributed by atoms with Crippen LogP contribution in [0.2, 0.25) is 5.02 Å². The maximum absolute atomic E-state index is 15.5. The molecule has 4 amide bonds. The molecule has 6 unspecified atom stereocenters. The van der Waals surface area contributed by atoms with Gasteiger partial charge < -0.3 is 14.7 Å². The zero-order valence-electron chi connectivity index (χ0n) is 34.1. The summed E-state index contributed by atoms with van der Waals surface area (Å²) >= 11 is 6.43. The van der Waals surface area contributed by atoms with Crippen LogP contribution in [0.25, 0.3) is 0 Å². The minimum absolute atomic E-state index is 0.0353. The number of hydrazine groups is 1. The number of allylic oxidation sites excluding steroid dienone is 3. The highest BCUT2D eigenvalue weighted by molar-refractivity contribution is 6.30. The Bertz CT molecular complexity index is 2790. The molecule has 12 nitrogen and oxygen atoms in total. The summed E-state index contributed by atoms with van der Waals surface area (Å²) in [6.07, 6.45) is 4.13. The average Bonchev–Trinajstić information content (AvgIpc) is 3.67. The number of benzene rings is 5. The summed E-state index contributed by atoms with van der Waals surface area (Å²) in [7, 11) is 3.91. The van der Waals surface area contributed by atoms with E-state index in [-0.39, 0.29) is 30.9 Å². The highest BCUT2D eigenvalue weighted by Crippen LogP contribution is 2.63. The molecule has 10 rings (SSSR count). The van der Waals surface area contributed by atoms with Gasteiger partial charge in [0.15, 0.2) is 0 Å². The second-order valence-electron chi connectivity index (χ2n) is 16.8. The van der Waals surface area contributed by atoms with Crippen molar-refractivity contribution in [1.29, 1.82) is 0 Å². The number of nitrogens with one attached hydrogen (secondary N) is 1. The Morgan fingerprint density at radius 1 is 0.825 bits per heavy atom. The van der Waals surface area contributed by atoms with Crippen molar-refractivity contribution in [3.8, 4) is 11.5 Å². The van der Waals surface area contributed by atoms with Crippen LogP contribution in [0.15, 0.2) is 149 Å². The Hall–Kier alpha value is -7.12. The quantitative estimate of drug-likeness (QED) is 0.0893. The summed E-state index contributed by atoms with van der Waals surface area (Å²) in [5.74, 6) is -5.78. The van der Waals surface area contributed by atoms with Crippen LogP contribution >= 0.6 is 11.6 Å². The Kier molecular flexibility index (Phi) is 9.74. The number of hydrogen-bond acceptors (Lipinski definition) is 10. The summed E-state index contributed by atoms with van der Waals surface area (Å²) in [4.78, 5) is 63.0. The van der Waals surface area contributed by atoms with Crippen molar-refractivity contribution in [2.24, 2.45) is 39.8 Å². The number of fused-ring (bicyclic) bond motifs is 5. The number of nitrogens with zero attached hydrogens (tertiary/aromatic N) is 5. The highest BCUT2D eigenvalue weighted by Gasteiger charge is 2.70. The van der Waals surface area contributed by atoms with Gasteiger partial charge in [0, 0.05) is 42.7 Å². The molecule has 0 spiro atoms. The summed E-state index contributed by atoms with van der Waals surface area (Å²) < 4.78 is 20.2. The van der Waals surface area contributed by atoms with Gasteiger partial charge in [-0.05, 0) is 133 Å². The number of hydrogen-bond donors (Lipinski definition) is 2. The summed E-state index contributed by atoms with van der Waals surface area (Å²) in [6, 6.07) is 31.4. The van der Waals surface area contributed by atoms with Crippen LogP contribution in [0.5, 0.6) is 11.5 Å². The van der Waals surface area contributed by atoms with E-state index in [1.54, 1.807) is 66.9 Å². The van der Waals surface area contributed by atoms with Gasteiger partial charge in [0.2, 0.25) is 11.8 Å². The van der Waals surface area contributed by atoms with E-state index in [0.717, 1.165) is 16.3 Å². The molecule has 6 atom stereocenters. The molecular formula is C49H40ClFN6O6. The Labute approximate surface area is 366 Å². The zero-order valence-corrected chi connectivity index (χ0v) is 34.9. The first-order valence-electron chi connectivity index (χ1n) is 20.6. The van der Waals surface area contributed by atoms with Crippen LogP contribution in [0, 0.1) is 35.4 Å². The molecule has 0 bridgehead atoms. The van der Waals surface area contributed by atoms with Crippen LogP contribution in [-0.4, -0.2) is 47.8 Å². The van der Waals surface area contributed by atoms with Gasteiger partial charge in [0.1, 0.15) is 17.3 Å². The summed E-state index contributed by atoms with van der Waals surface area (Å²) in [5.41, 5.74) is 6.95. The van der Waals surface area contributed by atoms with Crippen LogP contribution in [0.4, 0.5) is 32.8 Å². The van der Waals surface area contributed by atoms with E-state index in [0.29, 0.717) is 50.2 Å². The second-order valence-corrected chi connectivity index (χ2v) is 17.2. The monoisotopic (exact) mass is 862 g/mol. The number of imide groups is 2. The fourth-order valence-corrected chi connectivity index (χ4v) is 10.5. The molecule has 14 heteroatoms. The number of aromatic hydroxyl groups is 1. The highest BCUT2D eigenvalue weighted by atomic mass is 35.5. The number of halogens is 2. The minimum Gasteiger partial charge on any atom is -0.508 e. The van der Waals surface area contributed by atoms with Gasteiger partial charge in [-0.3, -0.25) is 29.5 Å². The Morgan fingerprint density at radius 2 is 1.51 bits per heavy atom. The number of amides is 4. The summed E-state index contributed by atoms with van der Waals surface area (Å²) in [6.45, 7) is 0. The van der Waals surface area contributed by atoms with Gasteiger partial charge in [-0.25, -0.2) is 4.39 Å². The zero-order chi connectivity index (χ0) is 43.7. The van der Waals surface area contributed by atoms with Gasteiger partial charge in [-0.1, -0.05) is 35.4 Å². The number of phenols is 1. The molecule has 2 aliphatic carbocycles. The number of anilines is 3. The topological polar surface area (TPSA) is 144 Å². The van der Waals surface area contributed by atoms with Crippen molar-refractivity contribution in [2.45, 2.75) is 24.7 Å². The predicted octanol–water partition coefficient (Wildman–Crippen LogP) is 9.21. The van der Waals surface area contributed by atoms with Gasteiger partial charge in [-0.15, -0.1) is 0 Å². The molecule has 0 aromatic heterocycles. The first-order valence-corrected chi connectivity index (χ1v) is 21.0. The third-order valence-corrected chi connectivity index (χ3v) is 13.4. The number of azo groups is 1. The van der Waals surface area contributed by atoms with E-state index in [1.807, 2.05) is 49.3 Å². The first-order chi connectivity index (χ1) is 30.4. The molecule has 63 heavy (non-hydrogen) atoms. The predicted molar refractivity (Wildman–Crippen MR) is 234 cm³/mol. The lowest BCUT2D eigenvalue weighted by Gasteiger charge is -2.51. The van der Waals surface area contributed by atoms with E-state index in [2.05, 4.69) is 15.7 Å². The van der Waals surface area contributed by atoms with Crippen molar-refractivity contribution in [2.75, 3.05) is 29.3 Å². The number of phenolic OH excluding ortho intramolecular Hbond substituents is 1. The molecule has 3 aliphatic heterocycles. The van der Waals surface area contributed by atoms with E-state index in [9.17, 15) is 19.1 Å². The number of rotatable bonds is 8. The van der Waals surface area contributed by atoms with Gasteiger partial charge >= 0.3 is 0 Å². The Morgan fingerprint density at radius 3 is 2.19 bits per heavy atom. The molecular weight excluding hydrogens is 823 g/mol. The van der Waals surface area contributed by atoms with E-state index in [4.69, 9.17) is 16.3 Å². The third kappa shape index (κ3) is 6.57. The third-order valence-electron chi connectivity index (χ3n) is 13.2. The number of carbonyl (C=O) groups excluding carboxylic acids is 4. The number of ether oxygens (including phenoxy) is 1. The Balaban J connectivity index is 1.04. The molecule has 316 valence electrons. The normalized spacial score (nSPS) is 24.9. The van der Waals surface area contributed by atoms with Crippen LogP contribution in [0.1, 0.15) is 24.0 Å². The largest absolute Gasteiger partial charge is 0.508 e. The van der Waals surface area contributed by atoms with Gasteiger partial charge in [-0.2, -0.15) is 15.2 Å². The number of carbonyl (C=O) groups is 4. The molecule has 2 N–H and O–H groups in total.